The van der Waals surface area contributed by atoms with Crippen LogP contribution in [0.25, 0.3) is 0 Å². The van der Waals surface area contributed by atoms with Crippen LogP contribution in [0.1, 0.15) is 11.1 Å². The summed E-state index contributed by atoms with van der Waals surface area (Å²) in [5, 5.41) is 0. The van der Waals surface area contributed by atoms with E-state index < -0.39 is 15.9 Å². The van der Waals surface area contributed by atoms with E-state index in [9.17, 15) is 13.2 Å². The van der Waals surface area contributed by atoms with Crippen LogP contribution in [-0.4, -0.2) is 62.9 Å². The number of carbonyl (C=O) groups excluding carboxylic acids is 1. The van der Waals surface area contributed by atoms with Crippen molar-refractivity contribution in [3.05, 3.63) is 29.3 Å². The van der Waals surface area contributed by atoms with Crippen molar-refractivity contribution in [2.75, 3.05) is 33.4 Å². The number of hydrogen-bond donors (Lipinski definition) is 0. The fraction of sp³-hybridized carbons (Fsp3) is 0.562. The van der Waals surface area contributed by atoms with Crippen LogP contribution in [-0.2, 0) is 19.6 Å². The van der Waals surface area contributed by atoms with E-state index in [1.54, 1.807) is 24.9 Å². The van der Waals surface area contributed by atoms with Gasteiger partial charge in [0.1, 0.15) is 0 Å². The molecule has 6 nitrogen and oxygen atoms in total. The highest BCUT2D eigenvalue weighted by molar-refractivity contribution is 7.89. The Morgan fingerprint density at radius 3 is 2.65 bits per heavy atom. The minimum atomic E-state index is -3.63. The van der Waals surface area contributed by atoms with Crippen LogP contribution in [0, 0.1) is 19.8 Å². The minimum absolute atomic E-state index is 0.0360. The standard InChI is InChI=1S/C16H22N2O4S/c1-11-4-5-12(2)15(6-11)23(20,21)18-7-13-9-22-10-14(8-18)17(3)16(13)19/h4-6,13-14H,7-10H2,1-3H3/t13-,14-/m0/s1. The van der Waals surface area contributed by atoms with Gasteiger partial charge >= 0.3 is 0 Å². The molecule has 2 saturated heterocycles. The SMILES string of the molecule is Cc1ccc(C)c(S(=O)(=O)N2C[C@H]3COC[C@H](C2)N(C)C3=O)c1. The van der Waals surface area contributed by atoms with Crippen LogP contribution in [0.3, 0.4) is 0 Å². The highest BCUT2D eigenvalue weighted by Gasteiger charge is 2.41. The molecule has 1 amide bonds. The number of ether oxygens (including phenoxy) is 1. The Balaban J connectivity index is 2.00. The first-order valence-corrected chi connectivity index (χ1v) is 9.16. The third kappa shape index (κ3) is 2.88. The molecule has 0 spiro atoms. The summed E-state index contributed by atoms with van der Waals surface area (Å²) in [5.74, 6) is -0.474. The van der Waals surface area contributed by atoms with Gasteiger partial charge in [-0.15, -0.1) is 0 Å². The fourth-order valence-electron chi connectivity index (χ4n) is 3.18. The maximum absolute atomic E-state index is 13.1. The second kappa shape index (κ2) is 5.89. The molecule has 0 aromatic heterocycles. The molecule has 0 aliphatic carbocycles. The van der Waals surface area contributed by atoms with Crippen LogP contribution in [0.5, 0.6) is 0 Å². The van der Waals surface area contributed by atoms with Crippen molar-refractivity contribution in [3.8, 4) is 0 Å². The van der Waals surface area contributed by atoms with Crippen molar-refractivity contribution in [1.82, 2.24) is 9.21 Å². The Bertz CT molecular complexity index is 732. The van der Waals surface area contributed by atoms with Crippen molar-refractivity contribution in [1.29, 1.82) is 0 Å². The smallest absolute Gasteiger partial charge is 0.243 e. The molecule has 2 atom stereocenters. The quantitative estimate of drug-likeness (QED) is 0.799. The van der Waals surface area contributed by atoms with Crippen molar-refractivity contribution in [2.24, 2.45) is 5.92 Å². The summed E-state index contributed by atoms with van der Waals surface area (Å²) >= 11 is 0. The third-order valence-corrected chi connectivity index (χ3v) is 6.65. The monoisotopic (exact) mass is 338 g/mol. The Morgan fingerprint density at radius 1 is 1.17 bits per heavy atom. The zero-order valence-electron chi connectivity index (χ0n) is 13.7. The van der Waals surface area contributed by atoms with E-state index >= 15 is 0 Å². The van der Waals surface area contributed by atoms with E-state index in [1.165, 1.54) is 4.31 Å². The molecular weight excluding hydrogens is 316 g/mol. The van der Waals surface area contributed by atoms with E-state index in [4.69, 9.17) is 4.74 Å². The van der Waals surface area contributed by atoms with Crippen molar-refractivity contribution in [2.45, 2.75) is 24.8 Å². The van der Waals surface area contributed by atoms with Crippen LogP contribution in [0.2, 0.25) is 0 Å². The van der Waals surface area contributed by atoms with Crippen LogP contribution < -0.4 is 0 Å². The molecule has 1 aromatic rings. The molecule has 7 heteroatoms. The molecule has 3 rings (SSSR count). The molecule has 0 radical (unpaired) electrons. The number of amides is 1. The molecule has 2 bridgehead atoms. The summed E-state index contributed by atoms with van der Waals surface area (Å²) in [7, 11) is -1.90. The number of fused-ring (bicyclic) bond motifs is 3. The molecule has 0 saturated carbocycles. The normalized spacial score (nSPS) is 26.2. The van der Waals surface area contributed by atoms with Crippen molar-refractivity contribution < 1.29 is 17.9 Å². The Hall–Kier alpha value is -1.44. The number of benzene rings is 1. The summed E-state index contributed by atoms with van der Waals surface area (Å²) in [4.78, 5) is 14.3. The molecule has 0 unspecified atom stereocenters. The molecule has 2 heterocycles. The number of nitrogens with zero attached hydrogens (tertiary/aromatic N) is 2. The molecule has 0 N–H and O–H groups in total. The molecule has 23 heavy (non-hydrogen) atoms. The lowest BCUT2D eigenvalue weighted by Gasteiger charge is -2.29. The van der Waals surface area contributed by atoms with Crippen LogP contribution in [0.4, 0.5) is 0 Å². The zero-order chi connectivity index (χ0) is 16.8. The van der Waals surface area contributed by atoms with E-state index in [1.807, 2.05) is 19.1 Å². The zero-order valence-corrected chi connectivity index (χ0v) is 14.5. The summed E-state index contributed by atoms with van der Waals surface area (Å²) in [6.07, 6.45) is 0. The van der Waals surface area contributed by atoms with Gasteiger partial charge in [-0.3, -0.25) is 4.79 Å². The van der Waals surface area contributed by atoms with Gasteiger partial charge in [0.15, 0.2) is 0 Å². The number of carbonyl (C=O) groups is 1. The summed E-state index contributed by atoms with van der Waals surface area (Å²) < 4.78 is 33.2. The molecule has 1 aromatic carbocycles. The fourth-order valence-corrected chi connectivity index (χ4v) is 5.01. The lowest BCUT2D eigenvalue weighted by molar-refractivity contribution is -0.133. The van der Waals surface area contributed by atoms with E-state index in [0.29, 0.717) is 11.5 Å². The Morgan fingerprint density at radius 2 is 1.91 bits per heavy atom. The highest BCUT2D eigenvalue weighted by atomic mass is 32.2. The van der Waals surface area contributed by atoms with Gasteiger partial charge in [-0.05, 0) is 31.0 Å². The lowest BCUT2D eigenvalue weighted by Crippen LogP contribution is -2.45. The van der Waals surface area contributed by atoms with Gasteiger partial charge in [-0.1, -0.05) is 12.1 Å². The molecule has 2 fully saturated rings. The van der Waals surface area contributed by atoms with Gasteiger partial charge in [0.05, 0.1) is 30.1 Å². The predicted octanol–water partition coefficient (Wildman–Crippen LogP) is 0.781. The second-order valence-electron chi connectivity index (χ2n) is 6.43. The second-order valence-corrected chi connectivity index (χ2v) is 8.33. The first-order chi connectivity index (χ1) is 10.8. The maximum atomic E-state index is 13.1. The number of sulfonamides is 1. The van der Waals surface area contributed by atoms with Gasteiger partial charge < -0.3 is 9.64 Å². The molecule has 126 valence electrons. The first kappa shape index (κ1) is 16.4. The molecule has 2 aliphatic rings. The largest absolute Gasteiger partial charge is 0.378 e. The summed E-state index contributed by atoms with van der Waals surface area (Å²) in [6, 6.07) is 5.18. The number of rotatable bonds is 2. The average molecular weight is 338 g/mol. The van der Waals surface area contributed by atoms with Crippen LogP contribution >= 0.6 is 0 Å². The maximum Gasteiger partial charge on any atom is 0.243 e. The summed E-state index contributed by atoms with van der Waals surface area (Å²) in [5.41, 5.74) is 1.63. The van der Waals surface area contributed by atoms with Crippen molar-refractivity contribution >= 4 is 15.9 Å². The topological polar surface area (TPSA) is 66.9 Å². The van der Waals surface area contributed by atoms with E-state index in [2.05, 4.69) is 0 Å². The Kier molecular flexibility index (Phi) is 4.20. The van der Waals surface area contributed by atoms with E-state index in [0.717, 1.165) is 11.1 Å². The summed E-state index contributed by atoms with van der Waals surface area (Å²) in [6.45, 7) is 4.77. The molecule has 2 aliphatic heterocycles. The van der Waals surface area contributed by atoms with Crippen LogP contribution in [0.15, 0.2) is 23.1 Å². The Labute approximate surface area is 137 Å². The predicted molar refractivity (Wildman–Crippen MR) is 85.5 cm³/mol. The number of hydrogen-bond acceptors (Lipinski definition) is 4. The van der Waals surface area contributed by atoms with Gasteiger partial charge in [0.2, 0.25) is 15.9 Å². The van der Waals surface area contributed by atoms with Gasteiger partial charge in [-0.2, -0.15) is 4.31 Å². The first-order valence-electron chi connectivity index (χ1n) is 7.72. The lowest BCUT2D eigenvalue weighted by atomic mass is 10.1. The number of aryl methyl sites for hydroxylation is 2. The van der Waals surface area contributed by atoms with Gasteiger partial charge in [0, 0.05) is 20.1 Å². The van der Waals surface area contributed by atoms with Gasteiger partial charge in [-0.25, -0.2) is 8.42 Å². The van der Waals surface area contributed by atoms with Gasteiger partial charge in [0.25, 0.3) is 0 Å². The van der Waals surface area contributed by atoms with Crippen molar-refractivity contribution in [3.63, 3.8) is 0 Å². The average Bonchev–Trinajstić information content (AvgIpc) is 2.67. The van der Waals surface area contributed by atoms with E-state index in [-0.39, 0.29) is 31.6 Å². The highest BCUT2D eigenvalue weighted by Crippen LogP contribution is 2.27. The minimum Gasteiger partial charge on any atom is -0.378 e. The molecular formula is C16H22N2O4S. The third-order valence-electron chi connectivity index (χ3n) is 4.67. The number of likely N-dealkylation sites (N-methyl/N-ethyl adjacent to an activating group) is 1.